The number of carbonyl (C=O) groups excluding carboxylic acids is 1. The van der Waals surface area contributed by atoms with Gasteiger partial charge in [-0.05, 0) is 48.7 Å². The summed E-state index contributed by atoms with van der Waals surface area (Å²) in [5, 5.41) is 13.0. The molecule has 0 saturated heterocycles. The molecule has 5 nitrogen and oxygen atoms in total. The zero-order valence-corrected chi connectivity index (χ0v) is 17.6. The Hall–Kier alpha value is -2.31. The fourth-order valence-corrected chi connectivity index (χ4v) is 3.76. The number of benzene rings is 2. The predicted octanol–water partition coefficient (Wildman–Crippen LogP) is 4.84. The molecule has 28 heavy (non-hydrogen) atoms. The highest BCUT2D eigenvalue weighted by atomic mass is 35.5. The second-order valence-electron chi connectivity index (χ2n) is 6.33. The van der Waals surface area contributed by atoms with Crippen molar-refractivity contribution >= 4 is 35.0 Å². The van der Waals surface area contributed by atoms with Crippen LogP contribution in [0.2, 0.25) is 5.02 Å². The number of aromatic nitrogens is 3. The van der Waals surface area contributed by atoms with Crippen LogP contribution in [0, 0.1) is 0 Å². The van der Waals surface area contributed by atoms with Crippen molar-refractivity contribution in [3.8, 4) is 0 Å². The van der Waals surface area contributed by atoms with Crippen molar-refractivity contribution in [2.45, 2.75) is 38.4 Å². The van der Waals surface area contributed by atoms with Crippen LogP contribution in [0.5, 0.6) is 0 Å². The van der Waals surface area contributed by atoms with E-state index in [0.29, 0.717) is 11.4 Å². The molecule has 0 fully saturated rings. The van der Waals surface area contributed by atoms with Crippen molar-refractivity contribution in [3.63, 3.8) is 0 Å². The molecule has 3 rings (SSSR count). The van der Waals surface area contributed by atoms with Crippen molar-refractivity contribution in [1.82, 2.24) is 14.8 Å². The zero-order valence-electron chi connectivity index (χ0n) is 16.0. The van der Waals surface area contributed by atoms with E-state index < -0.39 is 0 Å². The largest absolute Gasteiger partial charge is 0.325 e. The van der Waals surface area contributed by atoms with E-state index in [1.165, 1.54) is 17.3 Å². The average Bonchev–Trinajstić information content (AvgIpc) is 3.10. The van der Waals surface area contributed by atoms with Crippen molar-refractivity contribution in [2.75, 3.05) is 11.1 Å². The van der Waals surface area contributed by atoms with Crippen LogP contribution in [-0.4, -0.2) is 26.4 Å². The molecule has 0 spiro atoms. The minimum Gasteiger partial charge on any atom is -0.325 e. The van der Waals surface area contributed by atoms with E-state index >= 15 is 0 Å². The number of thioether (sulfide) groups is 1. The number of amides is 1. The summed E-state index contributed by atoms with van der Waals surface area (Å²) in [4.78, 5) is 12.3. The fraction of sp³-hybridized carbons (Fsp3) is 0.286. The molecule has 0 atom stereocenters. The van der Waals surface area contributed by atoms with Gasteiger partial charge < -0.3 is 9.88 Å². The number of aryl methyl sites for hydroxylation is 1. The lowest BCUT2D eigenvalue weighted by Crippen LogP contribution is -2.14. The van der Waals surface area contributed by atoms with Gasteiger partial charge in [-0.25, -0.2) is 0 Å². The first-order chi connectivity index (χ1) is 13.6. The molecule has 1 N–H and O–H groups in total. The number of carbonyl (C=O) groups is 1. The van der Waals surface area contributed by atoms with Gasteiger partial charge in [-0.15, -0.1) is 10.2 Å². The van der Waals surface area contributed by atoms with E-state index in [1.54, 1.807) is 0 Å². The van der Waals surface area contributed by atoms with Crippen LogP contribution in [0.4, 0.5) is 5.69 Å². The SMILES string of the molecule is CCc1ccc(NC(=O)CSc2nnc(Cc3ccc(Cl)cc3)n2CC)cc1. The highest BCUT2D eigenvalue weighted by Crippen LogP contribution is 2.20. The highest BCUT2D eigenvalue weighted by molar-refractivity contribution is 7.99. The zero-order chi connectivity index (χ0) is 19.9. The molecule has 0 aliphatic carbocycles. The summed E-state index contributed by atoms with van der Waals surface area (Å²) in [7, 11) is 0. The third kappa shape index (κ3) is 5.36. The number of rotatable bonds is 8. The van der Waals surface area contributed by atoms with E-state index in [4.69, 9.17) is 11.6 Å². The summed E-state index contributed by atoms with van der Waals surface area (Å²) in [6.45, 7) is 4.90. The van der Waals surface area contributed by atoms with Gasteiger partial charge in [-0.3, -0.25) is 4.79 Å². The van der Waals surface area contributed by atoms with Crippen molar-refractivity contribution in [2.24, 2.45) is 0 Å². The Morgan fingerprint density at radius 2 is 1.71 bits per heavy atom. The Bertz CT molecular complexity index is 923. The maximum absolute atomic E-state index is 12.3. The van der Waals surface area contributed by atoms with E-state index in [0.717, 1.165) is 35.2 Å². The number of nitrogens with one attached hydrogen (secondary N) is 1. The molecule has 1 amide bonds. The summed E-state index contributed by atoms with van der Waals surface area (Å²) in [6, 6.07) is 15.6. The predicted molar refractivity (Wildman–Crippen MR) is 115 cm³/mol. The Morgan fingerprint density at radius 3 is 2.36 bits per heavy atom. The molecule has 0 aliphatic heterocycles. The van der Waals surface area contributed by atoms with E-state index in [-0.39, 0.29) is 11.7 Å². The molecule has 0 bridgehead atoms. The second kappa shape index (κ2) is 9.75. The highest BCUT2D eigenvalue weighted by Gasteiger charge is 2.14. The van der Waals surface area contributed by atoms with Gasteiger partial charge in [0.05, 0.1) is 5.75 Å². The first kappa shape index (κ1) is 20.4. The van der Waals surface area contributed by atoms with Crippen molar-refractivity contribution < 1.29 is 4.79 Å². The number of hydrogen-bond donors (Lipinski definition) is 1. The third-order valence-corrected chi connectivity index (χ3v) is 5.58. The van der Waals surface area contributed by atoms with Gasteiger partial charge in [0, 0.05) is 23.7 Å². The normalized spacial score (nSPS) is 10.8. The van der Waals surface area contributed by atoms with Gasteiger partial charge in [-0.1, -0.05) is 54.6 Å². The number of anilines is 1. The van der Waals surface area contributed by atoms with Crippen LogP contribution in [0.25, 0.3) is 0 Å². The quantitative estimate of drug-likeness (QED) is 0.536. The Labute approximate surface area is 174 Å². The second-order valence-corrected chi connectivity index (χ2v) is 7.71. The lowest BCUT2D eigenvalue weighted by atomic mass is 10.1. The smallest absolute Gasteiger partial charge is 0.234 e. The number of hydrogen-bond acceptors (Lipinski definition) is 4. The monoisotopic (exact) mass is 414 g/mol. The maximum atomic E-state index is 12.3. The minimum absolute atomic E-state index is 0.0563. The molecule has 3 aromatic rings. The Balaban J connectivity index is 1.59. The van der Waals surface area contributed by atoms with Gasteiger partial charge >= 0.3 is 0 Å². The van der Waals surface area contributed by atoms with Crippen LogP contribution < -0.4 is 5.32 Å². The topological polar surface area (TPSA) is 59.8 Å². The number of halogens is 1. The summed E-state index contributed by atoms with van der Waals surface area (Å²) in [5.74, 6) is 1.11. The molecule has 146 valence electrons. The van der Waals surface area contributed by atoms with Crippen LogP contribution in [0.3, 0.4) is 0 Å². The average molecular weight is 415 g/mol. The van der Waals surface area contributed by atoms with E-state index in [2.05, 4.69) is 22.4 Å². The molecule has 0 saturated carbocycles. The van der Waals surface area contributed by atoms with Gasteiger partial charge in [0.15, 0.2) is 5.16 Å². The molecule has 0 unspecified atom stereocenters. The molecule has 0 aliphatic rings. The maximum Gasteiger partial charge on any atom is 0.234 e. The van der Waals surface area contributed by atoms with Crippen molar-refractivity contribution in [1.29, 1.82) is 0 Å². The van der Waals surface area contributed by atoms with Gasteiger partial charge in [0.25, 0.3) is 0 Å². The molecule has 7 heteroatoms. The van der Waals surface area contributed by atoms with Crippen molar-refractivity contribution in [3.05, 3.63) is 70.5 Å². The van der Waals surface area contributed by atoms with E-state index in [1.807, 2.05) is 60.0 Å². The summed E-state index contributed by atoms with van der Waals surface area (Å²) in [6.07, 6.45) is 1.66. The molecule has 1 heterocycles. The summed E-state index contributed by atoms with van der Waals surface area (Å²) in [5.41, 5.74) is 3.18. The molecule has 1 aromatic heterocycles. The number of nitrogens with zero attached hydrogens (tertiary/aromatic N) is 3. The molecular formula is C21H23ClN4OS. The Morgan fingerprint density at radius 1 is 1.04 bits per heavy atom. The van der Waals surface area contributed by atoms with Crippen LogP contribution in [-0.2, 0) is 24.2 Å². The summed E-state index contributed by atoms with van der Waals surface area (Å²) < 4.78 is 2.04. The first-order valence-electron chi connectivity index (χ1n) is 9.27. The molecule has 2 aromatic carbocycles. The van der Waals surface area contributed by atoms with E-state index in [9.17, 15) is 4.79 Å². The van der Waals surface area contributed by atoms with Crippen LogP contribution in [0.15, 0.2) is 53.7 Å². The first-order valence-corrected chi connectivity index (χ1v) is 10.6. The lowest BCUT2D eigenvalue weighted by molar-refractivity contribution is -0.113. The fourth-order valence-electron chi connectivity index (χ4n) is 2.81. The van der Waals surface area contributed by atoms with Gasteiger partial charge in [-0.2, -0.15) is 0 Å². The minimum atomic E-state index is -0.0563. The van der Waals surface area contributed by atoms with Crippen LogP contribution >= 0.6 is 23.4 Å². The standard InChI is InChI=1S/C21H23ClN4OS/c1-3-15-7-11-18(12-8-15)23-20(27)14-28-21-25-24-19(26(21)4-2)13-16-5-9-17(22)10-6-16/h5-12H,3-4,13-14H2,1-2H3,(H,23,27). The third-order valence-electron chi connectivity index (χ3n) is 4.36. The molecular weight excluding hydrogens is 392 g/mol. The molecule has 0 radical (unpaired) electrons. The van der Waals surface area contributed by atoms with Crippen LogP contribution in [0.1, 0.15) is 30.8 Å². The Kier molecular flexibility index (Phi) is 7.12. The lowest BCUT2D eigenvalue weighted by Gasteiger charge is -2.08. The van der Waals surface area contributed by atoms with Gasteiger partial charge in [0.2, 0.25) is 5.91 Å². The van der Waals surface area contributed by atoms with Gasteiger partial charge in [0.1, 0.15) is 5.82 Å². The summed E-state index contributed by atoms with van der Waals surface area (Å²) >= 11 is 7.34.